The smallest absolute Gasteiger partial charge is 0.301 e. The van der Waals surface area contributed by atoms with Gasteiger partial charge < -0.3 is 5.32 Å². The first-order chi connectivity index (χ1) is 16.6. The van der Waals surface area contributed by atoms with E-state index in [0.717, 1.165) is 22.9 Å². The summed E-state index contributed by atoms with van der Waals surface area (Å²) in [5, 5.41) is 14.9. The van der Waals surface area contributed by atoms with Crippen LogP contribution in [0.3, 0.4) is 0 Å². The lowest BCUT2D eigenvalue weighted by Gasteiger charge is -2.10. The third-order valence-corrected chi connectivity index (χ3v) is 7.18. The van der Waals surface area contributed by atoms with Gasteiger partial charge in [0, 0.05) is 17.5 Å². The van der Waals surface area contributed by atoms with E-state index in [-0.39, 0.29) is 23.1 Å². The Morgan fingerprint density at radius 3 is 2.71 bits per heavy atom. The topological polar surface area (TPSA) is 85.6 Å². The fourth-order valence-electron chi connectivity index (χ4n) is 3.12. The van der Waals surface area contributed by atoms with E-state index in [0.29, 0.717) is 20.7 Å². The minimum absolute atomic E-state index is 0.0479. The number of nitrogens with one attached hydrogen (secondary N) is 1. The van der Waals surface area contributed by atoms with Gasteiger partial charge in [-0.25, -0.2) is 4.98 Å². The van der Waals surface area contributed by atoms with Crippen molar-refractivity contribution < 1.29 is 18.0 Å². The molecule has 0 fully saturated rings. The summed E-state index contributed by atoms with van der Waals surface area (Å²) in [6.07, 6.45) is -2.78. The number of hydrogen-bond acceptors (Lipinski definition) is 7. The molecule has 0 saturated carbocycles. The molecule has 2 heterocycles. The van der Waals surface area contributed by atoms with Gasteiger partial charge in [0.1, 0.15) is 0 Å². The lowest BCUT2D eigenvalue weighted by Crippen LogP contribution is -2.14. The van der Waals surface area contributed by atoms with Gasteiger partial charge in [0.15, 0.2) is 5.13 Å². The predicted molar refractivity (Wildman–Crippen MR) is 129 cm³/mol. The second-order valence-electron chi connectivity index (χ2n) is 7.60. The zero-order valence-corrected chi connectivity index (χ0v) is 20.8. The van der Waals surface area contributed by atoms with E-state index in [1.807, 2.05) is 32.0 Å². The number of benzene rings is 2. The molecule has 0 spiro atoms. The Morgan fingerprint density at radius 1 is 1.17 bits per heavy atom. The molecular weight excluding hydrogens is 521 g/mol. The number of halogens is 4. The van der Waals surface area contributed by atoms with Crippen LogP contribution in [-0.4, -0.2) is 36.9 Å². The molecule has 7 nitrogen and oxygen atoms in total. The van der Waals surface area contributed by atoms with Gasteiger partial charge in [-0.2, -0.15) is 17.9 Å². The molecule has 0 atom stereocenters. The monoisotopic (exact) mass is 538 g/mol. The summed E-state index contributed by atoms with van der Waals surface area (Å²) in [5.74, 6) is -0.261. The van der Waals surface area contributed by atoms with Crippen LogP contribution >= 0.6 is 34.7 Å². The predicted octanol–water partition coefficient (Wildman–Crippen LogP) is 5.73. The van der Waals surface area contributed by atoms with Crippen molar-refractivity contribution in [1.29, 1.82) is 0 Å². The fourth-order valence-corrected chi connectivity index (χ4v) is 4.90. The summed E-state index contributed by atoms with van der Waals surface area (Å²) in [4.78, 5) is 17.3. The lowest BCUT2D eigenvalue weighted by atomic mass is 10.1. The van der Waals surface area contributed by atoms with Crippen molar-refractivity contribution >= 4 is 45.7 Å². The lowest BCUT2D eigenvalue weighted by molar-refractivity contribution is -0.137. The summed E-state index contributed by atoms with van der Waals surface area (Å²) in [5.41, 5.74) is 2.60. The number of alkyl halides is 3. The zero-order valence-electron chi connectivity index (χ0n) is 18.4. The molecule has 0 aliphatic carbocycles. The summed E-state index contributed by atoms with van der Waals surface area (Å²) >= 11 is 8.04. The first-order valence-electron chi connectivity index (χ1n) is 10.2. The molecule has 2 aromatic carbocycles. The number of amides is 1. The molecule has 1 amide bonds. The number of tetrazole rings is 1. The van der Waals surface area contributed by atoms with Crippen molar-refractivity contribution in [2.75, 3.05) is 11.1 Å². The number of nitrogens with zero attached hydrogens (tertiary/aromatic N) is 5. The maximum atomic E-state index is 13.1. The second kappa shape index (κ2) is 10.3. The van der Waals surface area contributed by atoms with E-state index in [9.17, 15) is 18.0 Å². The third kappa shape index (κ3) is 6.19. The first-order valence-corrected chi connectivity index (χ1v) is 12.4. The molecule has 0 aliphatic heterocycles. The molecule has 4 aromatic rings. The average Bonchev–Trinajstić information content (AvgIpc) is 3.44. The van der Waals surface area contributed by atoms with Crippen molar-refractivity contribution in [3.8, 4) is 5.69 Å². The molecule has 4 rings (SSSR count). The highest BCUT2D eigenvalue weighted by molar-refractivity contribution is 7.99. The molecule has 0 unspecified atom stereocenters. The van der Waals surface area contributed by atoms with Crippen LogP contribution in [0.25, 0.3) is 5.69 Å². The number of rotatable bonds is 7. The highest BCUT2D eigenvalue weighted by Gasteiger charge is 2.33. The number of anilines is 1. The molecular formula is C22H18ClF3N6OS2. The fraction of sp³-hybridized carbons (Fsp3) is 0.227. The summed E-state index contributed by atoms with van der Waals surface area (Å²) in [7, 11) is 0. The van der Waals surface area contributed by atoms with Crippen LogP contribution in [0.2, 0.25) is 5.02 Å². The van der Waals surface area contributed by atoms with E-state index >= 15 is 0 Å². The van der Waals surface area contributed by atoms with Gasteiger partial charge >= 0.3 is 6.18 Å². The van der Waals surface area contributed by atoms with Gasteiger partial charge in [-0.3, -0.25) is 4.79 Å². The Morgan fingerprint density at radius 2 is 1.97 bits per heavy atom. The van der Waals surface area contributed by atoms with Crippen LogP contribution in [0.15, 0.2) is 47.8 Å². The second-order valence-corrected chi connectivity index (χ2v) is 10.1. The van der Waals surface area contributed by atoms with Gasteiger partial charge in [0.25, 0.3) is 0 Å². The summed E-state index contributed by atoms with van der Waals surface area (Å²) in [6.45, 7) is 4.01. The number of thiazole rings is 1. The minimum Gasteiger partial charge on any atom is -0.301 e. The van der Waals surface area contributed by atoms with Crippen molar-refractivity contribution in [3.05, 3.63) is 74.7 Å². The van der Waals surface area contributed by atoms with Crippen LogP contribution in [0.1, 0.15) is 27.1 Å². The first kappa shape index (κ1) is 25.1. The van der Waals surface area contributed by atoms with Gasteiger partial charge in [-0.05, 0) is 65.2 Å². The number of aryl methyl sites for hydroxylation is 2. The third-order valence-electron chi connectivity index (χ3n) is 5.02. The largest absolute Gasteiger partial charge is 0.417 e. The van der Waals surface area contributed by atoms with Gasteiger partial charge in [-0.1, -0.05) is 35.5 Å². The standard InChI is InChI=1S/C22H18ClF3N6OS2/c1-12-3-5-15(7-13(12)2)32-21(29-30-31-32)34-11-19(33)28-20-27-10-16(35-20)8-14-4-6-18(23)17(9-14)22(24,25)26/h3-7,9-10H,8,11H2,1-2H3,(H,27,28,33). The van der Waals surface area contributed by atoms with Crippen LogP contribution in [0.4, 0.5) is 18.3 Å². The molecule has 182 valence electrons. The van der Waals surface area contributed by atoms with Crippen molar-refractivity contribution in [2.45, 2.75) is 31.6 Å². The van der Waals surface area contributed by atoms with Gasteiger partial charge in [0.2, 0.25) is 11.1 Å². The van der Waals surface area contributed by atoms with Crippen molar-refractivity contribution in [2.24, 2.45) is 0 Å². The van der Waals surface area contributed by atoms with Crippen LogP contribution < -0.4 is 5.32 Å². The molecule has 1 N–H and O–H groups in total. The normalized spacial score (nSPS) is 11.6. The van der Waals surface area contributed by atoms with E-state index < -0.39 is 11.7 Å². The highest BCUT2D eigenvalue weighted by atomic mass is 35.5. The van der Waals surface area contributed by atoms with Crippen molar-refractivity contribution in [3.63, 3.8) is 0 Å². The number of carbonyl (C=O) groups is 1. The molecule has 13 heteroatoms. The number of carbonyl (C=O) groups excluding carboxylic acids is 1. The Balaban J connectivity index is 1.36. The zero-order chi connectivity index (χ0) is 25.2. The quantitative estimate of drug-likeness (QED) is 0.302. The number of hydrogen-bond donors (Lipinski definition) is 1. The molecule has 0 aliphatic rings. The Kier molecular flexibility index (Phi) is 7.43. The Hall–Kier alpha value is -2.96. The van der Waals surface area contributed by atoms with Crippen LogP contribution in [0, 0.1) is 13.8 Å². The SMILES string of the molecule is Cc1ccc(-n2nnnc2SCC(=O)Nc2ncc(Cc3ccc(Cl)c(C(F)(F)F)c3)s2)cc1C. The average molecular weight is 539 g/mol. The van der Waals surface area contributed by atoms with E-state index in [1.54, 1.807) is 4.68 Å². The van der Waals surface area contributed by atoms with E-state index in [2.05, 4.69) is 25.8 Å². The van der Waals surface area contributed by atoms with Gasteiger partial charge in [-0.15, -0.1) is 16.4 Å². The Bertz CT molecular complexity index is 1370. The summed E-state index contributed by atoms with van der Waals surface area (Å²) in [6, 6.07) is 9.62. The molecule has 0 saturated heterocycles. The maximum Gasteiger partial charge on any atom is 0.417 e. The van der Waals surface area contributed by atoms with Gasteiger partial charge in [0.05, 0.1) is 22.0 Å². The number of thioether (sulfide) groups is 1. The summed E-state index contributed by atoms with van der Waals surface area (Å²) < 4.78 is 40.8. The van der Waals surface area contributed by atoms with E-state index in [1.165, 1.54) is 41.4 Å². The maximum absolute atomic E-state index is 13.1. The molecule has 2 aromatic heterocycles. The Labute approximate surface area is 211 Å². The van der Waals surface area contributed by atoms with E-state index in [4.69, 9.17) is 11.6 Å². The molecule has 35 heavy (non-hydrogen) atoms. The molecule has 0 radical (unpaired) electrons. The van der Waals surface area contributed by atoms with Crippen LogP contribution in [0.5, 0.6) is 0 Å². The van der Waals surface area contributed by atoms with Crippen LogP contribution in [-0.2, 0) is 17.4 Å². The number of aromatic nitrogens is 5. The molecule has 0 bridgehead atoms. The minimum atomic E-state index is -4.53. The highest BCUT2D eigenvalue weighted by Crippen LogP contribution is 2.35. The van der Waals surface area contributed by atoms with Crippen molar-refractivity contribution in [1.82, 2.24) is 25.2 Å².